The van der Waals surface area contributed by atoms with E-state index in [1.54, 1.807) is 0 Å². The fourth-order valence-corrected chi connectivity index (χ4v) is 6.87. The molecule has 3 aliphatic rings. The summed E-state index contributed by atoms with van der Waals surface area (Å²) in [6.07, 6.45) is -2.68. The first-order valence-corrected chi connectivity index (χ1v) is 15.4. The summed E-state index contributed by atoms with van der Waals surface area (Å²) < 4.78 is 103. The number of aryl methyl sites for hydroxylation is 1. The second-order valence-corrected chi connectivity index (χ2v) is 12.9. The molecular weight excluding hydrogens is 657 g/mol. The SMILES string of the molecule is Cc1nonc1C(=O)N[C@H](c1cn2ncc(C3(N4C[C@H](C(F)(F)F)NC4=O)CCN(CC(C)(F)F)CC3)nc2n1)C1CCC(F)(F)CC1. The molecule has 1 saturated carbocycles. The number of fused-ring (bicyclic) bond motifs is 1. The Balaban J connectivity index is 1.35. The normalized spacial score (nSPS) is 23.0. The summed E-state index contributed by atoms with van der Waals surface area (Å²) in [5.41, 5.74) is -0.990. The van der Waals surface area contributed by atoms with Crippen LogP contribution in [0.4, 0.5) is 35.5 Å². The number of amides is 3. The number of likely N-dealkylation sites (tertiary alicyclic amines) is 1. The number of rotatable bonds is 8. The highest BCUT2D eigenvalue weighted by Crippen LogP contribution is 2.43. The van der Waals surface area contributed by atoms with Gasteiger partial charge in [-0.1, -0.05) is 5.16 Å². The van der Waals surface area contributed by atoms with Crippen molar-refractivity contribution in [1.29, 1.82) is 0 Å². The zero-order valence-electron chi connectivity index (χ0n) is 25.9. The van der Waals surface area contributed by atoms with Gasteiger partial charge in [0.25, 0.3) is 17.6 Å². The Morgan fingerprint density at radius 3 is 2.38 bits per heavy atom. The van der Waals surface area contributed by atoms with Crippen molar-refractivity contribution in [3.05, 3.63) is 35.2 Å². The van der Waals surface area contributed by atoms with Crippen molar-refractivity contribution in [3.8, 4) is 0 Å². The predicted molar refractivity (Wildman–Crippen MR) is 150 cm³/mol. The smallest absolute Gasteiger partial charge is 0.342 e. The molecule has 5 heterocycles. The van der Waals surface area contributed by atoms with E-state index in [4.69, 9.17) is 0 Å². The standard InChI is InChI=1S/C28H33F7N10O3/c1-15-20(42-48-41-15)22(46)40-21(16-3-5-27(31,32)6-4-16)17-12-45-23(37-17)38-18(11-36-45)26(7-9-43(10-8-26)14-25(2,29)30)44-13-19(28(33,34)35)39-24(44)47/h11-12,16,19,21H,3-10,13-14H2,1-2H3,(H,39,47)(H,40,46)/t19-,21+/m1/s1. The lowest BCUT2D eigenvalue weighted by Gasteiger charge is -2.46. The van der Waals surface area contributed by atoms with Crippen molar-refractivity contribution in [1.82, 2.24) is 50.3 Å². The number of hydrogen-bond donors (Lipinski definition) is 2. The van der Waals surface area contributed by atoms with E-state index in [0.29, 0.717) is 0 Å². The first-order valence-electron chi connectivity index (χ1n) is 15.4. The van der Waals surface area contributed by atoms with Gasteiger partial charge in [0, 0.05) is 32.9 Å². The quantitative estimate of drug-likeness (QED) is 0.335. The summed E-state index contributed by atoms with van der Waals surface area (Å²) in [5.74, 6) is -7.02. The number of nitrogens with one attached hydrogen (secondary N) is 2. The average molecular weight is 691 g/mol. The van der Waals surface area contributed by atoms with Crippen molar-refractivity contribution >= 4 is 17.7 Å². The van der Waals surface area contributed by atoms with E-state index in [1.165, 1.54) is 28.7 Å². The number of urea groups is 1. The summed E-state index contributed by atoms with van der Waals surface area (Å²) in [6.45, 7) is 1.05. The number of carbonyl (C=O) groups excluding carboxylic acids is 2. The molecule has 13 nitrogen and oxygen atoms in total. The lowest BCUT2D eigenvalue weighted by atomic mass is 9.81. The fraction of sp³-hybridized carbons (Fsp3) is 0.679. The Bertz CT molecular complexity index is 1650. The van der Waals surface area contributed by atoms with Crippen LogP contribution in [-0.2, 0) is 5.54 Å². The molecule has 1 aliphatic carbocycles. The molecule has 0 bridgehead atoms. The summed E-state index contributed by atoms with van der Waals surface area (Å²) >= 11 is 0. The molecule has 2 aliphatic heterocycles. The highest BCUT2D eigenvalue weighted by Gasteiger charge is 2.55. The first kappa shape index (κ1) is 33.8. The third kappa shape index (κ3) is 6.75. The number of imidazole rings is 1. The van der Waals surface area contributed by atoms with Crippen molar-refractivity contribution in [2.45, 2.75) is 88.0 Å². The predicted octanol–water partition coefficient (Wildman–Crippen LogP) is 4.01. The van der Waals surface area contributed by atoms with Crippen LogP contribution >= 0.6 is 0 Å². The van der Waals surface area contributed by atoms with Gasteiger partial charge in [0.05, 0.1) is 48.5 Å². The Hall–Kier alpha value is -4.10. The third-order valence-corrected chi connectivity index (χ3v) is 9.40. The fourth-order valence-electron chi connectivity index (χ4n) is 6.87. The maximum absolute atomic E-state index is 14.1. The molecule has 3 aromatic heterocycles. The van der Waals surface area contributed by atoms with Gasteiger partial charge >= 0.3 is 12.2 Å². The zero-order chi connectivity index (χ0) is 34.6. The summed E-state index contributed by atoms with van der Waals surface area (Å²) in [6, 6.07) is -4.02. The molecule has 3 amide bonds. The minimum absolute atomic E-state index is 0.0143. The van der Waals surface area contributed by atoms with Gasteiger partial charge in [-0.05, 0) is 43.7 Å². The lowest BCUT2D eigenvalue weighted by molar-refractivity contribution is -0.151. The van der Waals surface area contributed by atoms with Gasteiger partial charge in [0.1, 0.15) is 11.7 Å². The number of hydrogen-bond acceptors (Lipinski definition) is 9. The van der Waals surface area contributed by atoms with E-state index in [2.05, 4.69) is 35.3 Å². The van der Waals surface area contributed by atoms with Gasteiger partial charge in [-0.3, -0.25) is 9.69 Å². The highest BCUT2D eigenvalue weighted by atomic mass is 19.4. The topological polar surface area (TPSA) is 147 Å². The summed E-state index contributed by atoms with van der Waals surface area (Å²) in [5, 5.41) is 16.3. The summed E-state index contributed by atoms with van der Waals surface area (Å²) in [4.78, 5) is 37.8. The number of halogens is 7. The second kappa shape index (κ2) is 12.1. The van der Waals surface area contributed by atoms with E-state index < -0.39 is 79.4 Å². The number of carbonyl (C=O) groups is 2. The Labute approximate surface area is 268 Å². The minimum atomic E-state index is -4.73. The van der Waals surface area contributed by atoms with E-state index in [0.717, 1.165) is 11.8 Å². The van der Waals surface area contributed by atoms with E-state index in [9.17, 15) is 40.3 Å². The molecule has 3 fully saturated rings. The third-order valence-electron chi connectivity index (χ3n) is 9.40. The maximum atomic E-state index is 14.1. The lowest BCUT2D eigenvalue weighted by Crippen LogP contribution is -2.56. The van der Waals surface area contributed by atoms with Gasteiger partial charge < -0.3 is 15.5 Å². The van der Waals surface area contributed by atoms with Gasteiger partial charge in [-0.25, -0.2) is 41.5 Å². The summed E-state index contributed by atoms with van der Waals surface area (Å²) in [7, 11) is 0. The number of piperidine rings is 1. The Morgan fingerprint density at radius 1 is 1.10 bits per heavy atom. The minimum Gasteiger partial charge on any atom is -0.342 e. The number of aromatic nitrogens is 6. The molecule has 20 heteroatoms. The van der Waals surface area contributed by atoms with E-state index in [1.807, 2.05) is 5.32 Å². The number of alkyl halides is 7. The zero-order valence-corrected chi connectivity index (χ0v) is 25.9. The molecule has 0 spiro atoms. The molecule has 0 unspecified atom stereocenters. The number of nitrogens with zero attached hydrogens (tertiary/aromatic N) is 8. The van der Waals surface area contributed by atoms with Gasteiger partial charge in [-0.2, -0.15) is 18.3 Å². The van der Waals surface area contributed by atoms with Crippen LogP contribution in [0, 0.1) is 12.8 Å². The van der Waals surface area contributed by atoms with Crippen LogP contribution in [0.2, 0.25) is 0 Å². The molecule has 2 saturated heterocycles. The van der Waals surface area contributed by atoms with Gasteiger partial charge in [-0.15, -0.1) is 0 Å². The average Bonchev–Trinajstić information content (AvgIpc) is 3.73. The highest BCUT2D eigenvalue weighted by molar-refractivity contribution is 5.93. The van der Waals surface area contributed by atoms with Crippen molar-refractivity contribution in [2.75, 3.05) is 26.2 Å². The molecule has 2 N–H and O–H groups in total. The maximum Gasteiger partial charge on any atom is 0.410 e. The monoisotopic (exact) mass is 690 g/mol. The molecule has 2 atom stereocenters. The van der Waals surface area contributed by atoms with Crippen LogP contribution in [0.3, 0.4) is 0 Å². The van der Waals surface area contributed by atoms with Crippen LogP contribution in [0.25, 0.3) is 5.78 Å². The van der Waals surface area contributed by atoms with Crippen LogP contribution < -0.4 is 10.6 Å². The largest absolute Gasteiger partial charge is 0.410 e. The molecule has 0 aromatic carbocycles. The van der Waals surface area contributed by atoms with Crippen LogP contribution in [-0.4, -0.2) is 102 Å². The second-order valence-electron chi connectivity index (χ2n) is 12.9. The molecule has 3 aromatic rings. The van der Waals surface area contributed by atoms with Crippen LogP contribution in [0.1, 0.15) is 79.1 Å². The van der Waals surface area contributed by atoms with Gasteiger partial charge in [0.15, 0.2) is 5.69 Å². The van der Waals surface area contributed by atoms with Crippen molar-refractivity contribution in [2.24, 2.45) is 5.92 Å². The van der Waals surface area contributed by atoms with Crippen molar-refractivity contribution in [3.63, 3.8) is 0 Å². The van der Waals surface area contributed by atoms with E-state index >= 15 is 0 Å². The van der Waals surface area contributed by atoms with Crippen LogP contribution in [0.15, 0.2) is 17.0 Å². The molecule has 0 radical (unpaired) electrons. The van der Waals surface area contributed by atoms with E-state index in [-0.39, 0.29) is 67.3 Å². The van der Waals surface area contributed by atoms with Gasteiger partial charge in [0.2, 0.25) is 5.92 Å². The Kier molecular flexibility index (Phi) is 8.52. The van der Waals surface area contributed by atoms with Crippen molar-refractivity contribution < 1.29 is 45.0 Å². The van der Waals surface area contributed by atoms with Crippen LogP contribution in [0.5, 0.6) is 0 Å². The first-order chi connectivity index (χ1) is 22.4. The molecule has 262 valence electrons. The Morgan fingerprint density at radius 2 is 1.79 bits per heavy atom. The molecule has 6 rings (SSSR count). The molecule has 48 heavy (non-hydrogen) atoms. The molecular formula is C28H33F7N10O3.